The maximum Gasteiger partial charge on any atom is 0.257 e. The van der Waals surface area contributed by atoms with Crippen LogP contribution in [-0.4, -0.2) is 32.5 Å². The zero-order valence-corrected chi connectivity index (χ0v) is 19.9. The van der Waals surface area contributed by atoms with E-state index in [0.717, 1.165) is 5.56 Å². The number of pyridine rings is 1. The lowest BCUT2D eigenvalue weighted by atomic mass is 10.2. The molecule has 10 heteroatoms. The molecule has 0 aliphatic carbocycles. The zero-order chi connectivity index (χ0) is 24.0. The van der Waals surface area contributed by atoms with Gasteiger partial charge in [0.15, 0.2) is 11.5 Å². The normalized spacial score (nSPS) is 11.3. The van der Waals surface area contributed by atoms with Crippen LogP contribution in [-0.2, 0) is 16.6 Å². The molecule has 0 bridgehead atoms. The van der Waals surface area contributed by atoms with Gasteiger partial charge in [-0.15, -0.1) is 0 Å². The molecule has 0 fully saturated rings. The molecule has 8 nitrogen and oxygen atoms in total. The van der Waals surface area contributed by atoms with E-state index in [2.05, 4.69) is 15.0 Å². The largest absolute Gasteiger partial charge is 0.493 e. The van der Waals surface area contributed by atoms with Crippen molar-refractivity contribution < 1.29 is 22.7 Å². The number of ether oxygens (including phenoxy) is 2. The molecule has 0 saturated carbocycles. The lowest BCUT2D eigenvalue weighted by Crippen LogP contribution is -2.30. The Labute approximate surface area is 198 Å². The molecule has 0 saturated heterocycles. The first-order chi connectivity index (χ1) is 15.7. The fourth-order valence-corrected chi connectivity index (χ4v) is 4.41. The Balaban J connectivity index is 1.82. The van der Waals surface area contributed by atoms with Gasteiger partial charge < -0.3 is 14.8 Å². The van der Waals surface area contributed by atoms with Crippen LogP contribution in [0.1, 0.15) is 29.8 Å². The number of hydrogen-bond donors (Lipinski definition) is 2. The third-order valence-electron chi connectivity index (χ3n) is 4.42. The van der Waals surface area contributed by atoms with Gasteiger partial charge in [-0.3, -0.25) is 9.78 Å². The number of sulfonamides is 1. The van der Waals surface area contributed by atoms with Gasteiger partial charge in [0.25, 0.3) is 5.91 Å². The highest BCUT2D eigenvalue weighted by molar-refractivity contribution is 7.89. The van der Waals surface area contributed by atoms with Crippen LogP contribution >= 0.6 is 11.6 Å². The van der Waals surface area contributed by atoms with E-state index in [9.17, 15) is 13.2 Å². The predicted molar refractivity (Wildman–Crippen MR) is 126 cm³/mol. The summed E-state index contributed by atoms with van der Waals surface area (Å²) in [7, 11) is -2.27. The Hall–Kier alpha value is -3.14. The van der Waals surface area contributed by atoms with E-state index >= 15 is 0 Å². The van der Waals surface area contributed by atoms with Crippen molar-refractivity contribution in [1.82, 2.24) is 9.71 Å². The molecule has 2 aromatic carbocycles. The highest BCUT2D eigenvalue weighted by atomic mass is 35.5. The van der Waals surface area contributed by atoms with Crippen molar-refractivity contribution in [3.05, 3.63) is 77.1 Å². The Bertz CT molecular complexity index is 1230. The first-order valence-electron chi connectivity index (χ1n) is 10.0. The summed E-state index contributed by atoms with van der Waals surface area (Å²) in [4.78, 5) is 16.9. The highest BCUT2D eigenvalue weighted by Crippen LogP contribution is 2.31. The summed E-state index contributed by atoms with van der Waals surface area (Å²) >= 11 is 6.18. The summed E-state index contributed by atoms with van der Waals surface area (Å²) in [6.45, 7) is 3.67. The number of anilines is 1. The van der Waals surface area contributed by atoms with Gasteiger partial charge >= 0.3 is 0 Å². The average Bonchev–Trinajstić information content (AvgIpc) is 2.77. The number of carbonyl (C=O) groups is 1. The van der Waals surface area contributed by atoms with Crippen LogP contribution in [0.3, 0.4) is 0 Å². The summed E-state index contributed by atoms with van der Waals surface area (Å²) < 4.78 is 38.6. The molecule has 0 unspecified atom stereocenters. The molecular weight excluding hydrogens is 466 g/mol. The van der Waals surface area contributed by atoms with Crippen LogP contribution in [0.15, 0.2) is 65.8 Å². The molecule has 0 aliphatic rings. The molecule has 1 aromatic heterocycles. The molecule has 1 amide bonds. The third-order valence-corrected chi connectivity index (χ3v) is 6.41. The van der Waals surface area contributed by atoms with Gasteiger partial charge in [-0.05, 0) is 50.2 Å². The lowest BCUT2D eigenvalue weighted by Gasteiger charge is -2.14. The van der Waals surface area contributed by atoms with Gasteiger partial charge in [-0.25, -0.2) is 13.1 Å². The average molecular weight is 490 g/mol. The molecule has 0 spiro atoms. The number of nitrogens with one attached hydrogen (secondary N) is 2. The summed E-state index contributed by atoms with van der Waals surface area (Å²) in [5.74, 6) is 0.343. The fraction of sp³-hybridized carbons (Fsp3) is 0.217. The molecule has 174 valence electrons. The van der Waals surface area contributed by atoms with Crippen molar-refractivity contribution in [2.24, 2.45) is 0 Å². The van der Waals surface area contributed by atoms with Gasteiger partial charge in [0, 0.05) is 35.8 Å². The molecule has 1 heterocycles. The van der Waals surface area contributed by atoms with E-state index in [0.29, 0.717) is 17.2 Å². The third kappa shape index (κ3) is 6.44. The van der Waals surface area contributed by atoms with E-state index in [1.807, 2.05) is 6.07 Å². The molecular formula is C23H24ClN3O5S. The SMILES string of the molecule is COc1ccc(NC(=O)c2cc(S(=O)(=O)NC(C)C)ccc2Cl)cc1OCc1cccnc1. The number of methoxy groups -OCH3 is 1. The van der Waals surface area contributed by atoms with Crippen LogP contribution in [0.5, 0.6) is 11.5 Å². The maximum absolute atomic E-state index is 12.9. The van der Waals surface area contributed by atoms with Gasteiger partial charge in [0.05, 0.1) is 22.6 Å². The van der Waals surface area contributed by atoms with Gasteiger partial charge in [0.1, 0.15) is 6.61 Å². The number of aromatic nitrogens is 1. The Morgan fingerprint density at radius 3 is 2.58 bits per heavy atom. The molecule has 2 N–H and O–H groups in total. The van der Waals surface area contributed by atoms with E-state index in [4.69, 9.17) is 21.1 Å². The zero-order valence-electron chi connectivity index (χ0n) is 18.3. The quantitative estimate of drug-likeness (QED) is 0.465. The minimum absolute atomic E-state index is 0.0249. The van der Waals surface area contributed by atoms with Crippen molar-refractivity contribution in [2.45, 2.75) is 31.4 Å². The number of benzene rings is 2. The van der Waals surface area contributed by atoms with Crippen molar-refractivity contribution in [3.8, 4) is 11.5 Å². The van der Waals surface area contributed by atoms with E-state index in [1.54, 1.807) is 50.5 Å². The predicted octanol–water partition coefficient (Wildman–Crippen LogP) is 4.26. The number of halogens is 1. The first kappa shape index (κ1) is 24.5. The van der Waals surface area contributed by atoms with Crippen LogP contribution in [0.25, 0.3) is 0 Å². The topological polar surface area (TPSA) is 107 Å². The second-order valence-corrected chi connectivity index (χ2v) is 9.51. The van der Waals surface area contributed by atoms with Crippen molar-refractivity contribution in [2.75, 3.05) is 12.4 Å². The highest BCUT2D eigenvalue weighted by Gasteiger charge is 2.20. The maximum atomic E-state index is 12.9. The molecule has 0 radical (unpaired) electrons. The number of amides is 1. The van der Waals surface area contributed by atoms with Gasteiger partial charge in [-0.2, -0.15) is 0 Å². The Morgan fingerprint density at radius 2 is 1.91 bits per heavy atom. The standard InChI is InChI=1S/C23H24ClN3O5S/c1-15(2)27-33(29,30)18-7-8-20(24)19(12-18)23(28)26-17-6-9-21(31-3)22(11-17)32-14-16-5-4-10-25-13-16/h4-13,15,27H,14H2,1-3H3,(H,26,28). The summed E-state index contributed by atoms with van der Waals surface area (Å²) in [6, 6.07) is 12.3. The molecule has 3 aromatic rings. The number of hydrogen-bond acceptors (Lipinski definition) is 6. The Kier molecular flexibility index (Phi) is 7.91. The summed E-state index contributed by atoms with van der Waals surface area (Å²) in [5.41, 5.74) is 1.32. The minimum Gasteiger partial charge on any atom is -0.493 e. The number of carbonyl (C=O) groups excluding carboxylic acids is 1. The van der Waals surface area contributed by atoms with Crippen LogP contribution in [0.2, 0.25) is 5.02 Å². The van der Waals surface area contributed by atoms with Gasteiger partial charge in [-0.1, -0.05) is 17.7 Å². The first-order valence-corrected chi connectivity index (χ1v) is 11.9. The minimum atomic E-state index is -3.78. The second kappa shape index (κ2) is 10.7. The second-order valence-electron chi connectivity index (χ2n) is 7.39. The molecule has 0 aliphatic heterocycles. The van der Waals surface area contributed by atoms with E-state index < -0.39 is 15.9 Å². The van der Waals surface area contributed by atoms with Crippen LogP contribution in [0.4, 0.5) is 5.69 Å². The summed E-state index contributed by atoms with van der Waals surface area (Å²) in [5, 5.41) is 2.84. The van der Waals surface area contributed by atoms with Gasteiger partial charge in [0.2, 0.25) is 10.0 Å². The molecule has 33 heavy (non-hydrogen) atoms. The van der Waals surface area contributed by atoms with Crippen LogP contribution in [0, 0.1) is 0 Å². The van der Waals surface area contributed by atoms with Crippen molar-refractivity contribution >= 4 is 33.2 Å². The lowest BCUT2D eigenvalue weighted by molar-refractivity contribution is 0.102. The smallest absolute Gasteiger partial charge is 0.257 e. The number of nitrogens with zero attached hydrogens (tertiary/aromatic N) is 1. The van der Waals surface area contributed by atoms with E-state index in [1.165, 1.54) is 25.3 Å². The van der Waals surface area contributed by atoms with E-state index in [-0.39, 0.29) is 28.1 Å². The van der Waals surface area contributed by atoms with Crippen molar-refractivity contribution in [3.63, 3.8) is 0 Å². The van der Waals surface area contributed by atoms with Crippen molar-refractivity contribution in [1.29, 1.82) is 0 Å². The number of rotatable bonds is 9. The molecule has 3 rings (SSSR count). The summed E-state index contributed by atoms with van der Waals surface area (Å²) in [6.07, 6.45) is 3.36. The fourth-order valence-electron chi connectivity index (χ4n) is 2.93. The van der Waals surface area contributed by atoms with Crippen LogP contribution < -0.4 is 19.5 Å². The molecule has 0 atom stereocenters. The Morgan fingerprint density at radius 1 is 1.12 bits per heavy atom. The monoisotopic (exact) mass is 489 g/mol.